The Labute approximate surface area is 161 Å². The van der Waals surface area contributed by atoms with Crippen molar-refractivity contribution < 1.29 is 9.90 Å². The number of halogens is 1. The summed E-state index contributed by atoms with van der Waals surface area (Å²) in [7, 11) is 0. The second kappa shape index (κ2) is 6.63. The number of hydrogen-bond acceptors (Lipinski definition) is 4. The predicted molar refractivity (Wildman–Crippen MR) is 103 cm³/mol. The van der Waals surface area contributed by atoms with Crippen LogP contribution in [0.3, 0.4) is 0 Å². The molecule has 0 spiro atoms. The van der Waals surface area contributed by atoms with Gasteiger partial charge in [-0.25, -0.2) is 0 Å². The molecule has 0 bridgehead atoms. The number of carboxylic acid groups (broad SMARTS) is 1. The van der Waals surface area contributed by atoms with Gasteiger partial charge >= 0.3 is 5.97 Å². The van der Waals surface area contributed by atoms with E-state index in [2.05, 4.69) is 10.2 Å². The summed E-state index contributed by atoms with van der Waals surface area (Å²) in [6.45, 7) is 3.49. The molecule has 136 valence electrons. The van der Waals surface area contributed by atoms with Crippen molar-refractivity contribution in [2.75, 3.05) is 0 Å². The number of carboxylic acids is 1. The largest absolute Gasteiger partial charge is 0.481 e. The van der Waals surface area contributed by atoms with Gasteiger partial charge in [0.05, 0.1) is 17.3 Å². The highest BCUT2D eigenvalue weighted by molar-refractivity contribution is 6.30. The Hall–Kier alpha value is -2.99. The Morgan fingerprint density at radius 1 is 1.15 bits per heavy atom. The molecule has 2 atom stereocenters. The summed E-state index contributed by atoms with van der Waals surface area (Å²) < 4.78 is 1.89. The molecule has 0 aliphatic carbocycles. The second-order valence-electron chi connectivity index (χ2n) is 6.51. The number of aliphatic carboxylic acids is 1. The fourth-order valence-corrected chi connectivity index (χ4v) is 3.44. The van der Waals surface area contributed by atoms with E-state index in [1.807, 2.05) is 47.9 Å². The number of para-hydroxylation sites is 1. The topological polar surface area (TPSA) is 80.4 Å². The maximum absolute atomic E-state index is 11.7. The van der Waals surface area contributed by atoms with Crippen LogP contribution in [0, 0.1) is 12.8 Å². The Balaban J connectivity index is 2.03. The third kappa shape index (κ3) is 2.92. The van der Waals surface area contributed by atoms with E-state index in [4.69, 9.17) is 16.6 Å². The lowest BCUT2D eigenvalue weighted by Gasteiger charge is -2.16. The van der Waals surface area contributed by atoms with Gasteiger partial charge in [-0.3, -0.25) is 14.4 Å². The van der Waals surface area contributed by atoms with Gasteiger partial charge in [-0.05, 0) is 32.0 Å². The molecule has 2 unspecified atom stereocenters. The number of carbonyl (C=O) groups is 1. The van der Waals surface area contributed by atoms with Crippen molar-refractivity contribution in [2.24, 2.45) is 10.9 Å². The van der Waals surface area contributed by atoms with Crippen molar-refractivity contribution in [2.45, 2.75) is 19.9 Å². The summed E-state index contributed by atoms with van der Waals surface area (Å²) in [6, 6.07) is 14.5. The zero-order valence-corrected chi connectivity index (χ0v) is 15.6. The van der Waals surface area contributed by atoms with E-state index in [0.717, 1.165) is 16.8 Å². The van der Waals surface area contributed by atoms with Gasteiger partial charge in [0.25, 0.3) is 0 Å². The average molecular weight is 381 g/mol. The lowest BCUT2D eigenvalue weighted by Crippen LogP contribution is -2.20. The van der Waals surface area contributed by atoms with Crippen molar-refractivity contribution in [1.29, 1.82) is 0 Å². The number of rotatable bonds is 3. The molecule has 2 aromatic carbocycles. The molecule has 4 rings (SSSR count). The lowest BCUT2D eigenvalue weighted by atomic mass is 9.99. The first-order valence-corrected chi connectivity index (χ1v) is 8.93. The Morgan fingerprint density at radius 3 is 2.56 bits per heavy atom. The van der Waals surface area contributed by atoms with Gasteiger partial charge in [0.2, 0.25) is 0 Å². The van der Waals surface area contributed by atoms with Crippen LogP contribution in [-0.4, -0.2) is 31.6 Å². The molecule has 7 heteroatoms. The van der Waals surface area contributed by atoms with Crippen molar-refractivity contribution in [3.8, 4) is 5.69 Å². The number of aromatic nitrogens is 3. The minimum atomic E-state index is -0.933. The van der Waals surface area contributed by atoms with Crippen LogP contribution < -0.4 is 0 Å². The maximum Gasteiger partial charge on any atom is 0.308 e. The zero-order valence-electron chi connectivity index (χ0n) is 14.8. The number of aryl methyl sites for hydroxylation is 1. The highest BCUT2D eigenvalue weighted by Gasteiger charge is 2.34. The van der Waals surface area contributed by atoms with Crippen LogP contribution in [-0.2, 0) is 4.79 Å². The molecule has 27 heavy (non-hydrogen) atoms. The van der Waals surface area contributed by atoms with E-state index in [1.54, 1.807) is 19.1 Å². The molecule has 0 fully saturated rings. The number of benzene rings is 2. The quantitative estimate of drug-likeness (QED) is 0.748. The van der Waals surface area contributed by atoms with Crippen molar-refractivity contribution in [3.63, 3.8) is 0 Å². The minimum absolute atomic E-state index is 0.527. The van der Waals surface area contributed by atoms with Crippen LogP contribution in [0.1, 0.15) is 35.7 Å². The van der Waals surface area contributed by atoms with Crippen molar-refractivity contribution in [3.05, 3.63) is 76.3 Å². The Kier molecular flexibility index (Phi) is 4.28. The third-order valence-electron chi connectivity index (χ3n) is 4.76. The lowest BCUT2D eigenvalue weighted by molar-refractivity contribution is -0.141. The summed E-state index contributed by atoms with van der Waals surface area (Å²) in [5, 5.41) is 18.7. The molecular formula is C20H17ClN4O2. The Bertz CT molecular complexity index is 1060. The summed E-state index contributed by atoms with van der Waals surface area (Å²) >= 11 is 6.04. The first kappa shape index (κ1) is 17.4. The minimum Gasteiger partial charge on any atom is -0.481 e. The monoisotopic (exact) mass is 380 g/mol. The van der Waals surface area contributed by atoms with E-state index in [9.17, 15) is 9.90 Å². The predicted octanol–water partition coefficient (Wildman–Crippen LogP) is 3.84. The molecule has 1 aliphatic rings. The standard InChI is InChI=1S/C20H17ClN4O2/c1-11(20(26)27)17-19-24-23-12(2)25(19)16-6-4-3-5-15(16)18(22-17)13-7-9-14(21)10-8-13/h3-11,17H,1-2H3,(H,26,27). The first-order chi connectivity index (χ1) is 13.0. The molecule has 0 saturated carbocycles. The van der Waals surface area contributed by atoms with Gasteiger partial charge in [-0.1, -0.05) is 41.9 Å². The van der Waals surface area contributed by atoms with E-state index >= 15 is 0 Å². The second-order valence-corrected chi connectivity index (χ2v) is 6.95. The van der Waals surface area contributed by atoms with Crippen LogP contribution in [0.15, 0.2) is 53.5 Å². The molecule has 0 saturated heterocycles. The average Bonchev–Trinajstić information content (AvgIpc) is 2.97. The van der Waals surface area contributed by atoms with Gasteiger partial charge < -0.3 is 5.11 Å². The van der Waals surface area contributed by atoms with E-state index in [-0.39, 0.29) is 0 Å². The number of hydrogen-bond donors (Lipinski definition) is 1. The molecular weight excluding hydrogens is 364 g/mol. The molecule has 0 radical (unpaired) electrons. The summed E-state index contributed by atoms with van der Waals surface area (Å²) in [6.07, 6.45) is 0. The molecule has 3 aromatic rings. The smallest absolute Gasteiger partial charge is 0.308 e. The molecule has 1 aromatic heterocycles. The number of nitrogens with zero attached hydrogens (tertiary/aromatic N) is 4. The summed E-state index contributed by atoms with van der Waals surface area (Å²) in [4.78, 5) is 16.6. The van der Waals surface area contributed by atoms with Gasteiger partial charge in [-0.15, -0.1) is 10.2 Å². The third-order valence-corrected chi connectivity index (χ3v) is 5.02. The van der Waals surface area contributed by atoms with Crippen LogP contribution in [0.4, 0.5) is 0 Å². The highest BCUT2D eigenvalue weighted by Crippen LogP contribution is 2.34. The molecule has 0 amide bonds. The summed E-state index contributed by atoms with van der Waals surface area (Å²) in [5.41, 5.74) is 3.35. The number of aliphatic imine (C=N–C) groups is 1. The van der Waals surface area contributed by atoms with E-state index in [1.165, 1.54) is 0 Å². The summed E-state index contributed by atoms with van der Waals surface area (Å²) in [5.74, 6) is -0.479. The van der Waals surface area contributed by atoms with Crippen LogP contribution in [0.25, 0.3) is 5.69 Å². The van der Waals surface area contributed by atoms with E-state index in [0.29, 0.717) is 22.4 Å². The molecule has 6 nitrogen and oxygen atoms in total. The van der Waals surface area contributed by atoms with Gasteiger partial charge in [-0.2, -0.15) is 0 Å². The zero-order chi connectivity index (χ0) is 19.1. The van der Waals surface area contributed by atoms with Gasteiger partial charge in [0.1, 0.15) is 11.9 Å². The molecule has 1 aliphatic heterocycles. The maximum atomic E-state index is 11.7. The SMILES string of the molecule is Cc1nnc2n1-c1ccccc1C(c1ccc(Cl)cc1)=NC2C(C)C(=O)O. The highest BCUT2D eigenvalue weighted by atomic mass is 35.5. The normalized spacial score (nSPS) is 16.7. The number of fused-ring (bicyclic) bond motifs is 3. The van der Waals surface area contributed by atoms with Crippen molar-refractivity contribution in [1.82, 2.24) is 14.8 Å². The van der Waals surface area contributed by atoms with Crippen LogP contribution >= 0.6 is 11.6 Å². The van der Waals surface area contributed by atoms with E-state index < -0.39 is 17.9 Å². The van der Waals surface area contributed by atoms with Crippen LogP contribution in [0.5, 0.6) is 0 Å². The Morgan fingerprint density at radius 2 is 1.85 bits per heavy atom. The fraction of sp³-hybridized carbons (Fsp3) is 0.200. The van der Waals surface area contributed by atoms with Crippen molar-refractivity contribution >= 4 is 23.3 Å². The molecule has 1 N–H and O–H groups in total. The van der Waals surface area contributed by atoms with Gasteiger partial charge in [0.15, 0.2) is 5.82 Å². The fourth-order valence-electron chi connectivity index (χ4n) is 3.31. The first-order valence-electron chi connectivity index (χ1n) is 8.55. The molecule has 2 heterocycles. The van der Waals surface area contributed by atoms with Crippen LogP contribution in [0.2, 0.25) is 5.02 Å². The van der Waals surface area contributed by atoms with Gasteiger partial charge in [0, 0.05) is 16.1 Å².